The number of piperidine rings is 1. The van der Waals surface area contributed by atoms with Gasteiger partial charge in [-0.3, -0.25) is 4.99 Å². The van der Waals surface area contributed by atoms with Crippen LogP contribution < -0.4 is 5.32 Å². The Labute approximate surface area is 102 Å². The predicted molar refractivity (Wildman–Crippen MR) is 68.6 cm³/mol. The van der Waals surface area contributed by atoms with Gasteiger partial charge in [-0.1, -0.05) is 6.58 Å². The molecule has 2 rings (SSSR count). The topological polar surface area (TPSA) is 50.4 Å². The second kappa shape index (κ2) is 5.27. The van der Waals surface area contributed by atoms with Crippen LogP contribution in [0.2, 0.25) is 0 Å². The zero-order valence-corrected chi connectivity index (χ0v) is 10.5. The molecule has 1 saturated heterocycles. The summed E-state index contributed by atoms with van der Waals surface area (Å²) < 4.78 is 5.81. The van der Waals surface area contributed by atoms with Crippen molar-refractivity contribution >= 4 is 5.71 Å². The maximum absolute atomic E-state index is 5.81. The van der Waals surface area contributed by atoms with E-state index in [1.165, 1.54) is 0 Å². The second-order valence-corrected chi connectivity index (χ2v) is 4.44. The molecule has 1 aromatic heterocycles. The van der Waals surface area contributed by atoms with Gasteiger partial charge < -0.3 is 9.73 Å². The third-order valence-electron chi connectivity index (χ3n) is 3.07. The number of oxazole rings is 1. The van der Waals surface area contributed by atoms with Gasteiger partial charge in [0.25, 0.3) is 0 Å². The summed E-state index contributed by atoms with van der Waals surface area (Å²) >= 11 is 0. The molecular weight excluding hydrogens is 214 g/mol. The maximum atomic E-state index is 5.81. The van der Waals surface area contributed by atoms with Crippen LogP contribution >= 0.6 is 0 Å². The monoisotopic (exact) mass is 233 g/mol. The van der Waals surface area contributed by atoms with Crippen LogP contribution in [0.25, 0.3) is 0 Å². The Kier molecular flexibility index (Phi) is 3.74. The van der Waals surface area contributed by atoms with E-state index in [4.69, 9.17) is 4.42 Å². The highest BCUT2D eigenvalue weighted by molar-refractivity contribution is 6.09. The van der Waals surface area contributed by atoms with E-state index in [9.17, 15) is 0 Å². The molecule has 1 aliphatic heterocycles. The van der Waals surface area contributed by atoms with Crippen LogP contribution in [0.3, 0.4) is 0 Å². The molecule has 0 spiro atoms. The van der Waals surface area contributed by atoms with E-state index in [1.54, 1.807) is 13.2 Å². The lowest BCUT2D eigenvalue weighted by Gasteiger charge is -2.19. The summed E-state index contributed by atoms with van der Waals surface area (Å²) in [7, 11) is 1.75. The lowest BCUT2D eigenvalue weighted by atomic mass is 9.98. The molecule has 4 nitrogen and oxygen atoms in total. The van der Waals surface area contributed by atoms with Gasteiger partial charge in [0.15, 0.2) is 11.7 Å². The van der Waals surface area contributed by atoms with E-state index in [1.807, 2.05) is 6.92 Å². The van der Waals surface area contributed by atoms with Crippen molar-refractivity contribution in [3.05, 3.63) is 30.0 Å². The summed E-state index contributed by atoms with van der Waals surface area (Å²) in [6.07, 6.45) is 3.94. The average molecular weight is 233 g/mol. The molecule has 0 amide bonds. The van der Waals surface area contributed by atoms with E-state index in [0.717, 1.165) is 48.9 Å². The number of rotatable bonds is 3. The standard InChI is InChI=1S/C13H19N3O/c1-9(2)12(14-3)11-8-16-13(17-11)10-4-6-15-7-5-10/h8,10,15H,1,4-7H2,2-3H3. The Hall–Kier alpha value is -1.42. The van der Waals surface area contributed by atoms with Gasteiger partial charge in [0.05, 0.1) is 6.20 Å². The van der Waals surface area contributed by atoms with E-state index in [-0.39, 0.29) is 0 Å². The van der Waals surface area contributed by atoms with Crippen LogP contribution in [0.15, 0.2) is 27.8 Å². The second-order valence-electron chi connectivity index (χ2n) is 4.44. The number of aliphatic imine (C=N–C) groups is 1. The fourth-order valence-corrected chi connectivity index (χ4v) is 2.17. The number of aromatic nitrogens is 1. The SMILES string of the molecule is C=C(C)C(=NC)c1cnc(C2CCNCC2)o1. The van der Waals surface area contributed by atoms with Gasteiger partial charge in [-0.25, -0.2) is 4.98 Å². The number of hydrogen-bond acceptors (Lipinski definition) is 4. The smallest absolute Gasteiger partial charge is 0.198 e. The van der Waals surface area contributed by atoms with Crippen molar-refractivity contribution in [1.29, 1.82) is 0 Å². The first kappa shape index (κ1) is 12.0. The third kappa shape index (κ3) is 2.64. The first-order valence-electron chi connectivity index (χ1n) is 6.02. The van der Waals surface area contributed by atoms with Crippen LogP contribution in [0.1, 0.15) is 37.3 Å². The van der Waals surface area contributed by atoms with Crippen molar-refractivity contribution < 1.29 is 4.42 Å². The van der Waals surface area contributed by atoms with Crippen molar-refractivity contribution in [2.45, 2.75) is 25.7 Å². The quantitative estimate of drug-likeness (QED) is 0.814. The van der Waals surface area contributed by atoms with Crippen molar-refractivity contribution in [3.8, 4) is 0 Å². The molecule has 0 aliphatic carbocycles. The molecule has 92 valence electrons. The zero-order chi connectivity index (χ0) is 12.3. The molecule has 0 unspecified atom stereocenters. The van der Waals surface area contributed by atoms with Gasteiger partial charge in [0, 0.05) is 13.0 Å². The van der Waals surface area contributed by atoms with Crippen LogP contribution in [-0.2, 0) is 0 Å². The molecule has 0 bridgehead atoms. The van der Waals surface area contributed by atoms with Crippen LogP contribution in [0.4, 0.5) is 0 Å². The Morgan fingerprint density at radius 2 is 2.24 bits per heavy atom. The van der Waals surface area contributed by atoms with Crippen molar-refractivity contribution in [1.82, 2.24) is 10.3 Å². The van der Waals surface area contributed by atoms with E-state index in [2.05, 4.69) is 21.9 Å². The minimum absolute atomic E-state index is 0.438. The van der Waals surface area contributed by atoms with E-state index in [0.29, 0.717) is 5.92 Å². The molecule has 1 aliphatic rings. The van der Waals surface area contributed by atoms with Gasteiger partial charge in [0.1, 0.15) is 5.71 Å². The van der Waals surface area contributed by atoms with Crippen molar-refractivity contribution in [2.75, 3.05) is 20.1 Å². The van der Waals surface area contributed by atoms with Gasteiger partial charge in [-0.05, 0) is 38.4 Å². The van der Waals surface area contributed by atoms with E-state index >= 15 is 0 Å². The summed E-state index contributed by atoms with van der Waals surface area (Å²) in [4.78, 5) is 8.56. The van der Waals surface area contributed by atoms with Crippen LogP contribution in [0.5, 0.6) is 0 Å². The lowest BCUT2D eigenvalue weighted by molar-refractivity contribution is 0.372. The largest absolute Gasteiger partial charge is 0.439 e. The summed E-state index contributed by atoms with van der Waals surface area (Å²) in [5, 5.41) is 3.34. The summed E-state index contributed by atoms with van der Waals surface area (Å²) in [5.41, 5.74) is 1.71. The minimum atomic E-state index is 0.438. The third-order valence-corrected chi connectivity index (χ3v) is 3.07. The minimum Gasteiger partial charge on any atom is -0.439 e. The first-order chi connectivity index (χ1) is 8.22. The molecule has 0 radical (unpaired) electrons. The molecule has 4 heteroatoms. The molecule has 0 saturated carbocycles. The highest BCUT2D eigenvalue weighted by atomic mass is 16.4. The fraction of sp³-hybridized carbons (Fsp3) is 0.538. The number of nitrogens with one attached hydrogen (secondary N) is 1. The van der Waals surface area contributed by atoms with Gasteiger partial charge in [-0.15, -0.1) is 0 Å². The van der Waals surface area contributed by atoms with Gasteiger partial charge in [0.2, 0.25) is 0 Å². The predicted octanol–water partition coefficient (Wildman–Crippen LogP) is 2.14. The Balaban J connectivity index is 2.17. The van der Waals surface area contributed by atoms with Crippen molar-refractivity contribution in [2.24, 2.45) is 4.99 Å². The fourth-order valence-electron chi connectivity index (χ4n) is 2.17. The zero-order valence-electron chi connectivity index (χ0n) is 10.5. The molecule has 0 atom stereocenters. The Morgan fingerprint density at radius 3 is 2.82 bits per heavy atom. The average Bonchev–Trinajstić information content (AvgIpc) is 2.80. The molecule has 1 fully saturated rings. The summed E-state index contributed by atoms with van der Waals surface area (Å²) in [5.74, 6) is 2.01. The van der Waals surface area contributed by atoms with Crippen LogP contribution in [0, 0.1) is 0 Å². The number of allylic oxidation sites excluding steroid dienone is 1. The number of nitrogens with zero attached hydrogens (tertiary/aromatic N) is 2. The Bertz CT molecular complexity index is 428. The maximum Gasteiger partial charge on any atom is 0.198 e. The van der Waals surface area contributed by atoms with E-state index < -0.39 is 0 Å². The lowest BCUT2D eigenvalue weighted by Crippen LogP contribution is -2.26. The van der Waals surface area contributed by atoms with Gasteiger partial charge in [-0.2, -0.15) is 0 Å². The number of hydrogen-bond donors (Lipinski definition) is 1. The Morgan fingerprint density at radius 1 is 1.53 bits per heavy atom. The molecule has 17 heavy (non-hydrogen) atoms. The first-order valence-corrected chi connectivity index (χ1v) is 6.02. The highest BCUT2D eigenvalue weighted by Crippen LogP contribution is 2.25. The molecule has 1 N–H and O–H groups in total. The molecule has 2 heterocycles. The summed E-state index contributed by atoms with van der Waals surface area (Å²) in [6.45, 7) is 7.90. The van der Waals surface area contributed by atoms with Crippen LogP contribution in [-0.4, -0.2) is 30.8 Å². The molecular formula is C13H19N3O. The van der Waals surface area contributed by atoms with Crippen molar-refractivity contribution in [3.63, 3.8) is 0 Å². The molecule has 1 aromatic rings. The normalized spacial score (nSPS) is 18.4. The van der Waals surface area contributed by atoms with Gasteiger partial charge >= 0.3 is 0 Å². The molecule has 0 aromatic carbocycles. The highest BCUT2D eigenvalue weighted by Gasteiger charge is 2.21. The summed E-state index contributed by atoms with van der Waals surface area (Å²) in [6, 6.07) is 0.